The number of carbonyl (C=O) groups excluding carboxylic acids is 1. The summed E-state index contributed by atoms with van der Waals surface area (Å²) in [6, 6.07) is 4.04. The molecular formula is C16H17F3N2O2S. The lowest BCUT2D eigenvalue weighted by Gasteiger charge is -2.31. The Morgan fingerprint density at radius 1 is 1.29 bits per heavy atom. The molecule has 0 bridgehead atoms. The van der Waals surface area contributed by atoms with Gasteiger partial charge in [-0.25, -0.2) is 4.79 Å². The van der Waals surface area contributed by atoms with E-state index in [2.05, 4.69) is 10.6 Å². The van der Waals surface area contributed by atoms with E-state index in [4.69, 9.17) is 17.0 Å². The summed E-state index contributed by atoms with van der Waals surface area (Å²) in [5, 5.41) is 5.65. The van der Waals surface area contributed by atoms with Crippen molar-refractivity contribution in [3.8, 4) is 0 Å². The summed E-state index contributed by atoms with van der Waals surface area (Å²) in [7, 11) is 0. The Morgan fingerprint density at radius 3 is 2.50 bits per heavy atom. The van der Waals surface area contributed by atoms with E-state index in [9.17, 15) is 18.0 Å². The standard InChI is InChI=1S/C16H17F3N2O2S/c1-8(2)23-14(22)12-9(3)20-15(24)21-13(12)10-6-4-5-7-11(10)16(17,18)19/h4-8,13H,1-3H3,(H2,20,21,24). The molecule has 8 heteroatoms. The highest BCUT2D eigenvalue weighted by Crippen LogP contribution is 2.38. The molecule has 1 atom stereocenters. The Bertz CT molecular complexity index is 699. The number of halogens is 3. The van der Waals surface area contributed by atoms with Crippen LogP contribution in [0.25, 0.3) is 0 Å². The van der Waals surface area contributed by atoms with Crippen molar-refractivity contribution >= 4 is 23.3 Å². The second-order valence-electron chi connectivity index (χ2n) is 5.61. The Labute approximate surface area is 143 Å². The first kappa shape index (κ1) is 18.3. The van der Waals surface area contributed by atoms with Gasteiger partial charge in [-0.1, -0.05) is 18.2 Å². The zero-order valence-corrected chi connectivity index (χ0v) is 14.1. The molecule has 2 N–H and O–H groups in total. The van der Waals surface area contributed by atoms with Gasteiger partial charge < -0.3 is 15.4 Å². The molecule has 0 aliphatic carbocycles. The molecular weight excluding hydrogens is 341 g/mol. The minimum Gasteiger partial charge on any atom is -0.459 e. The Hall–Kier alpha value is -2.09. The zero-order chi connectivity index (χ0) is 18.1. The predicted octanol–water partition coefficient (Wildman–Crippen LogP) is 3.45. The number of thiocarbonyl (C=S) groups is 1. The van der Waals surface area contributed by atoms with Crippen LogP contribution < -0.4 is 10.6 Å². The summed E-state index contributed by atoms with van der Waals surface area (Å²) in [5.41, 5.74) is -0.459. The molecule has 2 rings (SSSR count). The zero-order valence-electron chi connectivity index (χ0n) is 13.3. The van der Waals surface area contributed by atoms with Gasteiger partial charge in [0.2, 0.25) is 0 Å². The topological polar surface area (TPSA) is 50.4 Å². The fraction of sp³-hybridized carbons (Fsp3) is 0.375. The van der Waals surface area contributed by atoms with Gasteiger partial charge in [-0.3, -0.25) is 0 Å². The number of rotatable bonds is 3. The molecule has 0 radical (unpaired) electrons. The summed E-state index contributed by atoms with van der Waals surface area (Å²) in [6.45, 7) is 4.91. The predicted molar refractivity (Wildman–Crippen MR) is 87.0 cm³/mol. The molecule has 0 amide bonds. The van der Waals surface area contributed by atoms with Gasteiger partial charge in [0.15, 0.2) is 5.11 Å². The third-order valence-electron chi connectivity index (χ3n) is 3.41. The largest absolute Gasteiger partial charge is 0.459 e. The van der Waals surface area contributed by atoms with Gasteiger partial charge in [-0.05, 0) is 44.6 Å². The SMILES string of the molecule is CC1=C(C(=O)OC(C)C)C(c2ccccc2C(F)(F)F)NC(=S)N1. The second-order valence-corrected chi connectivity index (χ2v) is 6.02. The highest BCUT2D eigenvalue weighted by atomic mass is 32.1. The van der Waals surface area contributed by atoms with Gasteiger partial charge in [-0.15, -0.1) is 0 Å². The summed E-state index contributed by atoms with van der Waals surface area (Å²) < 4.78 is 45.2. The number of benzene rings is 1. The van der Waals surface area contributed by atoms with Crippen LogP contribution in [0, 0.1) is 0 Å². The summed E-state index contributed by atoms with van der Waals surface area (Å²) in [6.07, 6.45) is -4.95. The third-order valence-corrected chi connectivity index (χ3v) is 3.63. The number of carbonyl (C=O) groups is 1. The molecule has 1 aliphatic rings. The fourth-order valence-electron chi connectivity index (χ4n) is 2.48. The van der Waals surface area contributed by atoms with Gasteiger partial charge in [0.05, 0.1) is 23.3 Å². The van der Waals surface area contributed by atoms with E-state index < -0.39 is 29.9 Å². The first-order valence-electron chi connectivity index (χ1n) is 7.26. The first-order valence-corrected chi connectivity index (χ1v) is 7.67. The maximum Gasteiger partial charge on any atom is 0.416 e. The fourth-order valence-corrected chi connectivity index (χ4v) is 2.75. The minimum absolute atomic E-state index is 0.0778. The highest BCUT2D eigenvalue weighted by molar-refractivity contribution is 7.80. The lowest BCUT2D eigenvalue weighted by atomic mass is 9.91. The van der Waals surface area contributed by atoms with Gasteiger partial charge in [0, 0.05) is 5.70 Å². The van der Waals surface area contributed by atoms with Crippen molar-refractivity contribution in [3.05, 3.63) is 46.7 Å². The average molecular weight is 358 g/mol. The molecule has 1 aromatic carbocycles. The van der Waals surface area contributed by atoms with E-state index in [1.165, 1.54) is 18.2 Å². The molecule has 0 saturated carbocycles. The minimum atomic E-state index is -4.55. The highest BCUT2D eigenvalue weighted by Gasteiger charge is 2.39. The Kier molecular flexibility index (Phi) is 5.17. The Balaban J connectivity index is 2.56. The van der Waals surface area contributed by atoms with Crippen molar-refractivity contribution in [2.75, 3.05) is 0 Å². The van der Waals surface area contributed by atoms with Crippen LogP contribution in [0.3, 0.4) is 0 Å². The normalized spacial score (nSPS) is 18.3. The van der Waals surface area contributed by atoms with Crippen molar-refractivity contribution in [1.82, 2.24) is 10.6 Å². The van der Waals surface area contributed by atoms with Crippen molar-refractivity contribution in [2.45, 2.75) is 39.1 Å². The van der Waals surface area contributed by atoms with Gasteiger partial charge in [0.1, 0.15) is 0 Å². The third kappa shape index (κ3) is 3.87. The van der Waals surface area contributed by atoms with Crippen LogP contribution in [-0.2, 0) is 15.7 Å². The molecule has 130 valence electrons. The number of hydrogen-bond donors (Lipinski definition) is 2. The maximum atomic E-state index is 13.3. The van der Waals surface area contributed by atoms with E-state index in [1.54, 1.807) is 20.8 Å². The van der Waals surface area contributed by atoms with E-state index in [1.807, 2.05) is 0 Å². The smallest absolute Gasteiger partial charge is 0.416 e. The molecule has 0 spiro atoms. The maximum absolute atomic E-state index is 13.3. The molecule has 1 heterocycles. The first-order chi connectivity index (χ1) is 11.1. The van der Waals surface area contributed by atoms with E-state index in [0.29, 0.717) is 5.70 Å². The van der Waals surface area contributed by atoms with Gasteiger partial charge in [0.25, 0.3) is 0 Å². The van der Waals surface area contributed by atoms with Crippen LogP contribution in [0.15, 0.2) is 35.5 Å². The van der Waals surface area contributed by atoms with Crippen LogP contribution >= 0.6 is 12.2 Å². The molecule has 1 aliphatic heterocycles. The lowest BCUT2D eigenvalue weighted by Crippen LogP contribution is -2.45. The molecule has 24 heavy (non-hydrogen) atoms. The monoisotopic (exact) mass is 358 g/mol. The van der Waals surface area contributed by atoms with Crippen LogP contribution in [0.5, 0.6) is 0 Å². The second kappa shape index (κ2) is 6.80. The molecule has 4 nitrogen and oxygen atoms in total. The van der Waals surface area contributed by atoms with Crippen molar-refractivity contribution in [2.24, 2.45) is 0 Å². The molecule has 0 fully saturated rings. The molecule has 0 aromatic heterocycles. The number of allylic oxidation sites excluding steroid dienone is 1. The molecule has 1 aromatic rings. The summed E-state index contributed by atoms with van der Waals surface area (Å²) >= 11 is 5.03. The van der Waals surface area contributed by atoms with Gasteiger partial charge >= 0.3 is 12.1 Å². The van der Waals surface area contributed by atoms with Crippen molar-refractivity contribution in [1.29, 1.82) is 0 Å². The molecule has 1 unspecified atom stereocenters. The van der Waals surface area contributed by atoms with Crippen molar-refractivity contribution < 1.29 is 22.7 Å². The van der Waals surface area contributed by atoms with E-state index in [-0.39, 0.29) is 16.2 Å². The van der Waals surface area contributed by atoms with Gasteiger partial charge in [-0.2, -0.15) is 13.2 Å². The number of nitrogens with one attached hydrogen (secondary N) is 2. The van der Waals surface area contributed by atoms with Crippen molar-refractivity contribution in [3.63, 3.8) is 0 Å². The van der Waals surface area contributed by atoms with Crippen LogP contribution in [0.4, 0.5) is 13.2 Å². The molecule has 0 saturated heterocycles. The van der Waals surface area contributed by atoms with Crippen LogP contribution in [-0.4, -0.2) is 17.2 Å². The number of hydrogen-bond acceptors (Lipinski definition) is 3. The van der Waals surface area contributed by atoms with E-state index in [0.717, 1.165) is 6.07 Å². The quantitative estimate of drug-likeness (QED) is 0.640. The summed E-state index contributed by atoms with van der Waals surface area (Å²) in [5.74, 6) is -0.688. The summed E-state index contributed by atoms with van der Waals surface area (Å²) in [4.78, 5) is 12.4. The van der Waals surface area contributed by atoms with Crippen LogP contribution in [0.2, 0.25) is 0 Å². The number of alkyl halides is 3. The average Bonchev–Trinajstić information content (AvgIpc) is 2.44. The van der Waals surface area contributed by atoms with E-state index >= 15 is 0 Å². The Morgan fingerprint density at radius 2 is 1.92 bits per heavy atom. The lowest BCUT2D eigenvalue weighted by molar-refractivity contribution is -0.144. The number of ether oxygens (including phenoxy) is 1. The van der Waals surface area contributed by atoms with Crippen LogP contribution in [0.1, 0.15) is 37.9 Å². The number of esters is 1.